The van der Waals surface area contributed by atoms with Crippen molar-refractivity contribution in [1.82, 2.24) is 4.90 Å². The molecular formula is C21H22BrFN2O3. The highest BCUT2D eigenvalue weighted by atomic mass is 79.9. The van der Waals surface area contributed by atoms with Crippen LogP contribution in [0.5, 0.6) is 0 Å². The first-order valence-corrected chi connectivity index (χ1v) is 9.89. The van der Waals surface area contributed by atoms with Crippen LogP contribution in [0.3, 0.4) is 0 Å². The summed E-state index contributed by atoms with van der Waals surface area (Å²) in [6.07, 6.45) is 0.355. The molecule has 2 aromatic carbocycles. The van der Waals surface area contributed by atoms with E-state index in [0.29, 0.717) is 18.5 Å². The lowest BCUT2D eigenvalue weighted by Crippen LogP contribution is -2.49. The van der Waals surface area contributed by atoms with Crippen LogP contribution >= 0.6 is 15.9 Å². The molecule has 2 amide bonds. The number of amides is 2. The smallest absolute Gasteiger partial charge is 0.411 e. The number of benzene rings is 2. The highest BCUT2D eigenvalue weighted by molar-refractivity contribution is 9.10. The Kier molecular flexibility index (Phi) is 6.03. The van der Waals surface area contributed by atoms with E-state index >= 15 is 0 Å². The van der Waals surface area contributed by atoms with Gasteiger partial charge in [0.15, 0.2) is 0 Å². The van der Waals surface area contributed by atoms with Gasteiger partial charge in [0.25, 0.3) is 0 Å². The lowest BCUT2D eigenvalue weighted by molar-refractivity contribution is -0.121. The Bertz CT molecular complexity index is 874. The second kappa shape index (κ2) is 8.31. The third-order valence-corrected chi connectivity index (χ3v) is 5.71. The monoisotopic (exact) mass is 448 g/mol. The number of cyclic esters (lactones) is 1. The molecule has 0 bridgehead atoms. The summed E-state index contributed by atoms with van der Waals surface area (Å²) in [7, 11) is 0. The van der Waals surface area contributed by atoms with Crippen molar-refractivity contribution in [3.63, 3.8) is 0 Å². The molecule has 5 nitrogen and oxygen atoms in total. The minimum Gasteiger partial charge on any atom is -0.438 e. The Balaban J connectivity index is 1.84. The molecule has 7 heteroatoms. The molecule has 28 heavy (non-hydrogen) atoms. The summed E-state index contributed by atoms with van der Waals surface area (Å²) in [5, 5.41) is 0. The molecule has 2 N–H and O–H groups in total. The largest absolute Gasteiger partial charge is 0.438 e. The molecule has 2 aromatic rings. The number of nitrogens with two attached hydrogens (primary N) is 1. The summed E-state index contributed by atoms with van der Waals surface area (Å²) < 4.78 is 20.2. The van der Waals surface area contributed by atoms with Gasteiger partial charge >= 0.3 is 6.09 Å². The first-order chi connectivity index (χ1) is 13.3. The minimum atomic E-state index is -0.993. The molecule has 0 radical (unpaired) electrons. The molecular weight excluding hydrogens is 427 g/mol. The van der Waals surface area contributed by atoms with Crippen LogP contribution in [0, 0.1) is 5.82 Å². The van der Waals surface area contributed by atoms with Crippen LogP contribution in [0.4, 0.5) is 9.18 Å². The van der Waals surface area contributed by atoms with Gasteiger partial charge in [-0.25, -0.2) is 9.18 Å². The predicted molar refractivity (Wildman–Crippen MR) is 107 cm³/mol. The van der Waals surface area contributed by atoms with Gasteiger partial charge in [-0.1, -0.05) is 40.2 Å². The Morgan fingerprint density at radius 1 is 1.32 bits per heavy atom. The van der Waals surface area contributed by atoms with Crippen molar-refractivity contribution in [3.8, 4) is 0 Å². The predicted octanol–water partition coefficient (Wildman–Crippen LogP) is 4.65. The highest BCUT2D eigenvalue weighted by Crippen LogP contribution is 2.40. The zero-order valence-corrected chi connectivity index (χ0v) is 17.1. The lowest BCUT2D eigenvalue weighted by Gasteiger charge is -2.43. The molecule has 148 valence electrons. The molecule has 0 aromatic heterocycles. The van der Waals surface area contributed by atoms with E-state index in [-0.39, 0.29) is 24.7 Å². The van der Waals surface area contributed by atoms with Crippen molar-refractivity contribution in [2.24, 2.45) is 5.73 Å². The second-order valence-corrected chi connectivity index (χ2v) is 7.93. The fourth-order valence-corrected chi connectivity index (χ4v) is 3.99. The number of ether oxygens (including phenoxy) is 1. The van der Waals surface area contributed by atoms with Crippen LogP contribution in [0.2, 0.25) is 0 Å². The van der Waals surface area contributed by atoms with Crippen LogP contribution in [0.15, 0.2) is 53.0 Å². The van der Waals surface area contributed by atoms with Gasteiger partial charge in [0.2, 0.25) is 5.91 Å². The van der Waals surface area contributed by atoms with E-state index in [0.717, 1.165) is 10.0 Å². The van der Waals surface area contributed by atoms with E-state index < -0.39 is 17.6 Å². The van der Waals surface area contributed by atoms with Gasteiger partial charge in [0, 0.05) is 30.3 Å². The lowest BCUT2D eigenvalue weighted by atomic mass is 9.84. The van der Waals surface area contributed by atoms with E-state index in [9.17, 15) is 14.0 Å². The number of carbonyl (C=O) groups is 2. The first kappa shape index (κ1) is 20.3. The van der Waals surface area contributed by atoms with Gasteiger partial charge in [0.1, 0.15) is 11.4 Å². The third kappa shape index (κ3) is 4.35. The average Bonchev–Trinajstić information content (AvgIpc) is 2.66. The molecule has 2 atom stereocenters. The number of hydrogen-bond donors (Lipinski definition) is 1. The third-order valence-electron chi connectivity index (χ3n) is 5.22. The van der Waals surface area contributed by atoms with E-state index in [1.807, 2.05) is 31.2 Å². The second-order valence-electron chi connectivity index (χ2n) is 7.01. The maximum Gasteiger partial charge on any atom is 0.411 e. The fourth-order valence-electron chi connectivity index (χ4n) is 3.57. The van der Waals surface area contributed by atoms with E-state index in [1.165, 1.54) is 12.1 Å². The fraction of sp³-hybridized carbons (Fsp3) is 0.333. The molecule has 1 saturated heterocycles. The van der Waals surface area contributed by atoms with E-state index in [1.54, 1.807) is 17.0 Å². The summed E-state index contributed by atoms with van der Waals surface area (Å²) in [6.45, 7) is 2.39. The quantitative estimate of drug-likeness (QED) is 0.698. The molecule has 1 heterocycles. The van der Waals surface area contributed by atoms with Gasteiger partial charge in [-0.05, 0) is 42.3 Å². The molecule has 1 fully saturated rings. The number of primary amides is 1. The Morgan fingerprint density at radius 2 is 2.04 bits per heavy atom. The van der Waals surface area contributed by atoms with Crippen molar-refractivity contribution in [2.75, 3.05) is 6.54 Å². The van der Waals surface area contributed by atoms with Crippen LogP contribution < -0.4 is 5.73 Å². The number of hydrogen-bond acceptors (Lipinski definition) is 3. The highest BCUT2D eigenvalue weighted by Gasteiger charge is 2.43. The molecule has 0 saturated carbocycles. The Morgan fingerprint density at radius 3 is 2.64 bits per heavy atom. The van der Waals surface area contributed by atoms with Crippen molar-refractivity contribution in [2.45, 2.75) is 37.8 Å². The number of rotatable bonds is 6. The van der Waals surface area contributed by atoms with Crippen LogP contribution in [0.25, 0.3) is 0 Å². The van der Waals surface area contributed by atoms with Gasteiger partial charge in [-0.2, -0.15) is 0 Å². The van der Waals surface area contributed by atoms with E-state index in [4.69, 9.17) is 10.5 Å². The standard InChI is InChI=1S/C21H22BrFN2O3/c1-14(15-3-2-4-17(22)13-15)25-12-11-21(28-20(25)27,10-9-19(24)26)16-5-7-18(23)8-6-16/h2-8,13-14H,9-12H2,1H3,(H2,24,26)/t14-,21-/m0/s1. The van der Waals surface area contributed by atoms with Crippen molar-refractivity contribution in [3.05, 3.63) is 69.9 Å². The molecule has 0 spiro atoms. The summed E-state index contributed by atoms with van der Waals surface area (Å²) in [5.41, 5.74) is 5.97. The Labute approximate surface area is 171 Å². The van der Waals surface area contributed by atoms with Gasteiger partial charge in [-0.3, -0.25) is 4.79 Å². The normalized spacial score (nSPS) is 20.5. The van der Waals surface area contributed by atoms with Gasteiger partial charge in [0.05, 0.1) is 6.04 Å². The summed E-state index contributed by atoms with van der Waals surface area (Å²) in [4.78, 5) is 25.9. The summed E-state index contributed by atoms with van der Waals surface area (Å²) in [5.74, 6) is -0.844. The molecule has 1 aliphatic heterocycles. The number of halogens is 2. The number of nitrogens with zero attached hydrogens (tertiary/aromatic N) is 1. The van der Waals surface area contributed by atoms with Crippen molar-refractivity contribution in [1.29, 1.82) is 0 Å². The first-order valence-electron chi connectivity index (χ1n) is 9.10. The molecule has 0 unspecified atom stereocenters. The van der Waals surface area contributed by atoms with Gasteiger partial charge in [-0.15, -0.1) is 0 Å². The zero-order chi connectivity index (χ0) is 20.3. The average molecular weight is 449 g/mol. The maximum absolute atomic E-state index is 13.4. The zero-order valence-electron chi connectivity index (χ0n) is 15.5. The van der Waals surface area contributed by atoms with Crippen LogP contribution in [0.1, 0.15) is 43.4 Å². The van der Waals surface area contributed by atoms with Crippen LogP contribution in [-0.4, -0.2) is 23.4 Å². The topological polar surface area (TPSA) is 72.6 Å². The maximum atomic E-state index is 13.4. The Hall–Kier alpha value is -2.41. The number of carbonyl (C=O) groups excluding carboxylic acids is 2. The molecule has 3 rings (SSSR count). The summed E-state index contributed by atoms with van der Waals surface area (Å²) in [6, 6.07) is 13.4. The van der Waals surface area contributed by atoms with Crippen LogP contribution in [-0.2, 0) is 15.1 Å². The van der Waals surface area contributed by atoms with Gasteiger partial charge < -0.3 is 15.4 Å². The minimum absolute atomic E-state index is 0.0752. The van der Waals surface area contributed by atoms with Crippen molar-refractivity contribution < 1.29 is 18.7 Å². The summed E-state index contributed by atoms with van der Waals surface area (Å²) >= 11 is 3.45. The van der Waals surface area contributed by atoms with E-state index in [2.05, 4.69) is 15.9 Å². The van der Waals surface area contributed by atoms with Crippen molar-refractivity contribution >= 4 is 27.9 Å². The molecule has 0 aliphatic carbocycles. The molecule has 1 aliphatic rings. The SMILES string of the molecule is C[C@@H](c1cccc(Br)c1)N1CC[C@@](CCC(N)=O)(c2ccc(F)cc2)OC1=O.